The number of fused-ring (bicyclic) bond motifs is 3. The van der Waals surface area contributed by atoms with Crippen LogP contribution in [0.1, 0.15) is 12.8 Å². The van der Waals surface area contributed by atoms with Crippen molar-refractivity contribution >= 4 is 40.8 Å². The third-order valence-electron chi connectivity index (χ3n) is 5.62. The van der Waals surface area contributed by atoms with Crippen LogP contribution in [-0.2, 0) is 4.74 Å². The van der Waals surface area contributed by atoms with Gasteiger partial charge in [-0.1, -0.05) is 11.3 Å². The van der Waals surface area contributed by atoms with Crippen molar-refractivity contribution in [3.63, 3.8) is 0 Å². The number of ether oxygens (including phenoxy) is 2. The van der Waals surface area contributed by atoms with E-state index in [-0.39, 0.29) is 5.60 Å². The smallest absolute Gasteiger partial charge is 0.292 e. The number of pyridine rings is 1. The molecule has 0 aliphatic carbocycles. The molecule has 6 rings (SSSR count). The number of nitrogens with zero attached hydrogens (tertiary/aromatic N) is 4. The summed E-state index contributed by atoms with van der Waals surface area (Å²) in [5, 5.41) is 3.94. The van der Waals surface area contributed by atoms with Gasteiger partial charge in [-0.2, -0.15) is 0 Å². The molecule has 3 fully saturated rings. The Kier molecular flexibility index (Phi) is 3.27. The Morgan fingerprint density at radius 2 is 2.20 bits per heavy atom. The average molecular weight is 356 g/mol. The van der Waals surface area contributed by atoms with Gasteiger partial charge in [0, 0.05) is 25.1 Å². The summed E-state index contributed by atoms with van der Waals surface area (Å²) >= 11 is 1.46. The molecule has 1 spiro atoms. The molecule has 3 saturated heterocycles. The number of hydrogen-bond acceptors (Lipinski definition) is 7. The lowest BCUT2D eigenvalue weighted by Gasteiger charge is -2.64. The fourth-order valence-corrected chi connectivity index (χ4v) is 5.13. The number of anilines is 1. The molecule has 0 saturated carbocycles. The van der Waals surface area contributed by atoms with Crippen LogP contribution in [-0.4, -0.2) is 67.3 Å². The van der Waals surface area contributed by atoms with Gasteiger partial charge < -0.3 is 13.9 Å². The molecule has 1 N–H and O–H groups in total. The van der Waals surface area contributed by atoms with Crippen LogP contribution in [0, 0.1) is 5.92 Å². The summed E-state index contributed by atoms with van der Waals surface area (Å²) in [6, 6.07) is 4.26. The predicted octanol–water partition coefficient (Wildman–Crippen LogP) is 1.56. The van der Waals surface area contributed by atoms with Crippen molar-refractivity contribution < 1.29 is 13.9 Å². The molecule has 2 bridgehead atoms. The highest BCUT2D eigenvalue weighted by Crippen LogP contribution is 2.43. The summed E-state index contributed by atoms with van der Waals surface area (Å²) in [4.78, 5) is 14.4. The summed E-state index contributed by atoms with van der Waals surface area (Å²) in [6.45, 7) is 3.60. The van der Waals surface area contributed by atoms with Crippen LogP contribution in [0.2, 0.25) is 0 Å². The summed E-state index contributed by atoms with van der Waals surface area (Å²) < 4.78 is 12.1. The first-order chi connectivity index (χ1) is 12.1. The standard InChI is InChI=1S/C16H19BN5O2S/c1-23-12-3-2-11-13(20-12)25-15(19-11)21-14-18-8-16(24-14)9-22(17)6-4-10(16)5-7-22/h2-3,10H,4-9H2,1H3,(H,18,19,21). The fraction of sp³-hybridized carbons (Fsp3) is 0.562. The molecule has 2 aromatic heterocycles. The molecular formula is C16H19BN5O2S. The predicted molar refractivity (Wildman–Crippen MR) is 97.0 cm³/mol. The first kappa shape index (κ1) is 15.4. The number of aromatic nitrogens is 2. The highest BCUT2D eigenvalue weighted by Gasteiger charge is 2.54. The van der Waals surface area contributed by atoms with Gasteiger partial charge in [-0.25, -0.2) is 22.9 Å². The normalized spacial score (nSPS) is 33.5. The minimum atomic E-state index is -0.244. The molecule has 3 radical (unpaired) electrons. The van der Waals surface area contributed by atoms with E-state index in [1.165, 1.54) is 11.3 Å². The van der Waals surface area contributed by atoms with Gasteiger partial charge in [-0.15, -0.1) is 0 Å². The summed E-state index contributed by atoms with van der Waals surface area (Å²) in [5.41, 5.74) is 0.585. The van der Waals surface area contributed by atoms with E-state index in [2.05, 4.69) is 20.3 Å². The molecule has 4 aliphatic rings. The van der Waals surface area contributed by atoms with Crippen molar-refractivity contribution in [1.29, 1.82) is 0 Å². The van der Waals surface area contributed by atoms with Gasteiger partial charge in [0.1, 0.15) is 10.3 Å². The largest absolute Gasteiger partial charge is 0.585 e. The Balaban J connectivity index is 1.34. The minimum Gasteiger partial charge on any atom is -0.585 e. The number of amidine groups is 1. The van der Waals surface area contributed by atoms with Crippen molar-refractivity contribution in [2.45, 2.75) is 18.4 Å². The zero-order valence-corrected chi connectivity index (χ0v) is 14.9. The van der Waals surface area contributed by atoms with E-state index < -0.39 is 0 Å². The Morgan fingerprint density at radius 1 is 1.36 bits per heavy atom. The van der Waals surface area contributed by atoms with E-state index in [0.717, 1.165) is 48.0 Å². The zero-order valence-electron chi connectivity index (χ0n) is 14.1. The van der Waals surface area contributed by atoms with E-state index in [4.69, 9.17) is 17.5 Å². The Hall–Kier alpha value is -1.87. The number of methoxy groups -OCH3 is 1. The van der Waals surface area contributed by atoms with Crippen LogP contribution in [0.4, 0.5) is 5.13 Å². The molecule has 129 valence electrons. The molecule has 6 heterocycles. The molecule has 7 nitrogen and oxygen atoms in total. The molecule has 0 aromatic carbocycles. The lowest BCUT2D eigenvalue weighted by molar-refractivity contribution is -0.845. The highest BCUT2D eigenvalue weighted by molar-refractivity contribution is 7.21. The van der Waals surface area contributed by atoms with Crippen molar-refractivity contribution in [3.05, 3.63) is 12.1 Å². The summed E-state index contributed by atoms with van der Waals surface area (Å²) in [5.74, 6) is 1.13. The molecule has 1 unspecified atom stereocenters. The monoisotopic (exact) mass is 356 g/mol. The van der Waals surface area contributed by atoms with E-state index in [1.807, 2.05) is 12.1 Å². The number of nitrogens with one attached hydrogen (secondary N) is 1. The molecular weight excluding hydrogens is 337 g/mol. The summed E-state index contributed by atoms with van der Waals surface area (Å²) in [6.07, 6.45) is 2.23. The Bertz CT molecular complexity index is 863. The van der Waals surface area contributed by atoms with Gasteiger partial charge in [0.05, 0.1) is 20.2 Å². The number of rotatable bonds is 2. The quantitative estimate of drug-likeness (QED) is 0.828. The van der Waals surface area contributed by atoms with Gasteiger partial charge in [0.15, 0.2) is 10.7 Å². The van der Waals surface area contributed by atoms with Crippen molar-refractivity contribution in [2.75, 3.05) is 38.6 Å². The van der Waals surface area contributed by atoms with E-state index in [0.29, 0.717) is 28.8 Å². The van der Waals surface area contributed by atoms with Crippen LogP contribution >= 0.6 is 11.3 Å². The van der Waals surface area contributed by atoms with Crippen molar-refractivity contribution in [1.82, 2.24) is 9.97 Å². The number of aliphatic imine (C=N–C) groups is 1. The number of quaternary nitrogens is 1. The van der Waals surface area contributed by atoms with E-state index in [9.17, 15) is 0 Å². The first-order valence-electron chi connectivity index (χ1n) is 8.54. The number of hydrogen-bond donors (Lipinski definition) is 1. The van der Waals surface area contributed by atoms with Gasteiger partial charge in [-0.3, -0.25) is 5.32 Å². The molecule has 0 amide bonds. The van der Waals surface area contributed by atoms with Crippen LogP contribution in [0.3, 0.4) is 0 Å². The third kappa shape index (κ3) is 2.48. The average Bonchev–Trinajstić information content (AvgIpc) is 3.18. The van der Waals surface area contributed by atoms with Crippen LogP contribution in [0.15, 0.2) is 17.1 Å². The zero-order chi connectivity index (χ0) is 17.1. The maximum atomic E-state index is 6.48. The first-order valence-corrected chi connectivity index (χ1v) is 9.36. The fourth-order valence-electron chi connectivity index (χ4n) is 4.31. The maximum Gasteiger partial charge on any atom is 0.292 e. The molecule has 25 heavy (non-hydrogen) atoms. The second-order valence-corrected chi connectivity index (χ2v) is 8.19. The highest BCUT2D eigenvalue weighted by atomic mass is 32.1. The topological polar surface area (TPSA) is 68.6 Å². The van der Waals surface area contributed by atoms with Gasteiger partial charge in [0.25, 0.3) is 6.02 Å². The minimum absolute atomic E-state index is 0.244. The Labute approximate surface area is 151 Å². The van der Waals surface area contributed by atoms with Crippen molar-refractivity contribution in [3.8, 4) is 5.88 Å². The second-order valence-electron chi connectivity index (χ2n) is 7.21. The van der Waals surface area contributed by atoms with Gasteiger partial charge in [-0.05, 0) is 18.9 Å². The van der Waals surface area contributed by atoms with Gasteiger partial charge >= 0.3 is 0 Å². The summed E-state index contributed by atoms with van der Waals surface area (Å²) in [7, 11) is 8.09. The van der Waals surface area contributed by atoms with Crippen LogP contribution < -0.4 is 10.1 Å². The van der Waals surface area contributed by atoms with Crippen LogP contribution in [0.5, 0.6) is 5.88 Å². The Morgan fingerprint density at radius 3 is 2.96 bits per heavy atom. The lowest BCUT2D eigenvalue weighted by Crippen LogP contribution is -2.69. The molecule has 4 aliphatic heterocycles. The maximum absolute atomic E-state index is 6.48. The van der Waals surface area contributed by atoms with E-state index >= 15 is 0 Å². The molecule has 2 aromatic rings. The SMILES string of the molecule is [B-][N+]12CCC(CC1)C1(CN=C(Nc3nc4ccc(OC)nc4s3)O1)C2. The number of thiazole rings is 1. The van der Waals surface area contributed by atoms with Crippen molar-refractivity contribution in [2.24, 2.45) is 10.9 Å². The lowest BCUT2D eigenvalue weighted by atomic mass is 9.72. The molecule has 1 atom stereocenters. The third-order valence-corrected chi connectivity index (χ3v) is 6.50. The number of piperidine rings is 3. The van der Waals surface area contributed by atoms with Gasteiger partial charge in [0.2, 0.25) is 5.88 Å². The van der Waals surface area contributed by atoms with Crippen LogP contribution in [0.25, 0.3) is 10.3 Å². The second kappa shape index (κ2) is 5.31. The molecule has 9 heteroatoms. The van der Waals surface area contributed by atoms with E-state index in [1.54, 1.807) is 7.11 Å².